The zero-order valence-corrected chi connectivity index (χ0v) is 8.63. The Morgan fingerprint density at radius 1 is 1.19 bits per heavy atom. The van der Waals surface area contributed by atoms with Gasteiger partial charge in [-0.15, -0.1) is 0 Å². The van der Waals surface area contributed by atoms with Crippen molar-refractivity contribution in [1.82, 2.24) is 0 Å². The molecular formula is C8H7O7P. The average Bonchev–Trinajstić information content (AvgIpc) is 2.15. The van der Waals surface area contributed by atoms with E-state index in [9.17, 15) is 14.2 Å². The smallest absolute Gasteiger partial charge is 0.478 e. The van der Waals surface area contributed by atoms with Crippen molar-refractivity contribution in [3.63, 3.8) is 0 Å². The van der Waals surface area contributed by atoms with E-state index < -0.39 is 19.8 Å². The Morgan fingerprint density at radius 2 is 1.75 bits per heavy atom. The molecule has 0 unspecified atom stereocenters. The molecule has 3 N–H and O–H groups in total. The highest BCUT2D eigenvalue weighted by Gasteiger charge is 2.22. The lowest BCUT2D eigenvalue weighted by molar-refractivity contribution is 0.0677. The van der Waals surface area contributed by atoms with E-state index in [4.69, 9.17) is 14.9 Å². The number of carbonyl (C=O) groups is 2. The zero-order valence-electron chi connectivity index (χ0n) is 7.73. The SMILES string of the molecule is O=C(O)c1cccc(C(=O)OP(=O)(O)O)c1. The van der Waals surface area contributed by atoms with Crippen LogP contribution >= 0.6 is 7.82 Å². The predicted octanol–water partition coefficient (Wildman–Crippen LogP) is 0.634. The minimum atomic E-state index is -4.92. The molecule has 0 fully saturated rings. The molecular weight excluding hydrogens is 239 g/mol. The molecule has 7 nitrogen and oxygen atoms in total. The third-order valence-corrected chi connectivity index (χ3v) is 1.95. The van der Waals surface area contributed by atoms with Crippen molar-refractivity contribution in [2.75, 3.05) is 0 Å². The summed E-state index contributed by atoms with van der Waals surface area (Å²) in [5, 5.41) is 8.62. The lowest BCUT2D eigenvalue weighted by Gasteiger charge is -2.05. The maximum Gasteiger partial charge on any atom is 0.527 e. The normalized spacial score (nSPS) is 10.9. The summed E-state index contributed by atoms with van der Waals surface area (Å²) in [4.78, 5) is 38.4. The van der Waals surface area contributed by atoms with Gasteiger partial charge in [0.2, 0.25) is 0 Å². The molecule has 0 heterocycles. The lowest BCUT2D eigenvalue weighted by Crippen LogP contribution is -2.05. The molecule has 0 aromatic heterocycles. The number of carboxylic acids is 1. The van der Waals surface area contributed by atoms with Crippen LogP contribution in [0.5, 0.6) is 0 Å². The Morgan fingerprint density at radius 3 is 2.25 bits per heavy atom. The van der Waals surface area contributed by atoms with Gasteiger partial charge in [0.15, 0.2) is 0 Å². The number of benzene rings is 1. The molecule has 86 valence electrons. The van der Waals surface area contributed by atoms with Crippen LogP contribution in [-0.4, -0.2) is 26.8 Å². The number of hydrogen-bond donors (Lipinski definition) is 3. The van der Waals surface area contributed by atoms with Gasteiger partial charge in [-0.1, -0.05) is 6.07 Å². The summed E-state index contributed by atoms with van der Waals surface area (Å²) >= 11 is 0. The predicted molar refractivity (Wildman–Crippen MR) is 50.9 cm³/mol. The van der Waals surface area contributed by atoms with Crippen molar-refractivity contribution < 1.29 is 33.6 Å². The molecule has 1 rings (SSSR count). The van der Waals surface area contributed by atoms with Gasteiger partial charge in [-0.05, 0) is 18.2 Å². The summed E-state index contributed by atoms with van der Waals surface area (Å²) in [5.41, 5.74) is -0.427. The summed E-state index contributed by atoms with van der Waals surface area (Å²) in [7, 11) is -4.92. The van der Waals surface area contributed by atoms with Crippen molar-refractivity contribution in [1.29, 1.82) is 0 Å². The molecule has 0 spiro atoms. The summed E-state index contributed by atoms with van der Waals surface area (Å²) in [6.45, 7) is 0. The maximum absolute atomic E-state index is 11.1. The summed E-state index contributed by atoms with van der Waals surface area (Å²) < 4.78 is 14.2. The molecule has 0 radical (unpaired) electrons. The number of phosphoric acid groups is 1. The topological polar surface area (TPSA) is 121 Å². The fraction of sp³-hybridized carbons (Fsp3) is 0. The number of carbonyl (C=O) groups excluding carboxylic acids is 1. The van der Waals surface area contributed by atoms with Crippen molar-refractivity contribution >= 4 is 19.8 Å². The van der Waals surface area contributed by atoms with E-state index in [1.807, 2.05) is 0 Å². The minimum Gasteiger partial charge on any atom is -0.478 e. The summed E-state index contributed by atoms with van der Waals surface area (Å²) in [5.74, 6) is -2.54. The van der Waals surface area contributed by atoms with E-state index in [1.54, 1.807) is 0 Å². The molecule has 0 bridgehead atoms. The highest BCUT2D eigenvalue weighted by Crippen LogP contribution is 2.36. The van der Waals surface area contributed by atoms with Crippen LogP contribution in [-0.2, 0) is 9.09 Å². The third kappa shape index (κ3) is 3.47. The van der Waals surface area contributed by atoms with Gasteiger partial charge in [-0.3, -0.25) is 9.79 Å². The number of aromatic carboxylic acids is 1. The monoisotopic (exact) mass is 246 g/mol. The van der Waals surface area contributed by atoms with Crippen LogP contribution in [0.3, 0.4) is 0 Å². The van der Waals surface area contributed by atoms with Gasteiger partial charge in [0.1, 0.15) is 0 Å². The molecule has 0 aliphatic carbocycles. The first-order chi connectivity index (χ1) is 7.29. The number of carboxylic acid groups (broad SMARTS) is 1. The Hall–Kier alpha value is -1.69. The summed E-state index contributed by atoms with van der Waals surface area (Å²) in [6, 6.07) is 4.64. The van der Waals surface area contributed by atoms with E-state index >= 15 is 0 Å². The van der Waals surface area contributed by atoms with Crippen LogP contribution in [0.1, 0.15) is 20.7 Å². The fourth-order valence-corrected chi connectivity index (χ4v) is 1.26. The van der Waals surface area contributed by atoms with Gasteiger partial charge < -0.3 is 9.63 Å². The maximum atomic E-state index is 11.1. The second-order valence-corrected chi connectivity index (χ2v) is 3.92. The van der Waals surface area contributed by atoms with E-state index in [0.717, 1.165) is 6.07 Å². The molecule has 0 aliphatic rings. The minimum absolute atomic E-state index is 0.180. The van der Waals surface area contributed by atoms with E-state index in [2.05, 4.69) is 4.52 Å². The molecule has 0 saturated carbocycles. The van der Waals surface area contributed by atoms with E-state index in [-0.39, 0.29) is 11.1 Å². The molecule has 1 aromatic rings. The fourth-order valence-electron chi connectivity index (χ4n) is 0.940. The second-order valence-electron chi connectivity index (χ2n) is 2.76. The van der Waals surface area contributed by atoms with Gasteiger partial charge in [0, 0.05) is 0 Å². The van der Waals surface area contributed by atoms with Crippen LogP contribution in [0.2, 0.25) is 0 Å². The molecule has 0 saturated heterocycles. The Labute approximate surface area is 89.5 Å². The number of phosphoric ester groups is 1. The van der Waals surface area contributed by atoms with Crippen LogP contribution in [0.4, 0.5) is 0 Å². The first-order valence-corrected chi connectivity index (χ1v) is 5.45. The second kappa shape index (κ2) is 4.44. The third-order valence-electron chi connectivity index (χ3n) is 1.55. The van der Waals surface area contributed by atoms with Gasteiger partial charge in [-0.25, -0.2) is 14.2 Å². The lowest BCUT2D eigenvalue weighted by atomic mass is 10.1. The highest BCUT2D eigenvalue weighted by molar-refractivity contribution is 7.46. The number of hydrogen-bond acceptors (Lipinski definition) is 4. The number of rotatable bonds is 3. The Kier molecular flexibility index (Phi) is 3.44. The van der Waals surface area contributed by atoms with Gasteiger partial charge in [-0.2, -0.15) is 0 Å². The van der Waals surface area contributed by atoms with Gasteiger partial charge in [0.05, 0.1) is 11.1 Å². The molecule has 0 aliphatic heterocycles. The average molecular weight is 246 g/mol. The highest BCUT2D eigenvalue weighted by atomic mass is 31.2. The van der Waals surface area contributed by atoms with Crippen LogP contribution in [0.15, 0.2) is 24.3 Å². The van der Waals surface area contributed by atoms with Gasteiger partial charge in [0.25, 0.3) is 0 Å². The molecule has 0 atom stereocenters. The van der Waals surface area contributed by atoms with Gasteiger partial charge >= 0.3 is 19.8 Å². The van der Waals surface area contributed by atoms with Crippen molar-refractivity contribution in [2.45, 2.75) is 0 Å². The largest absolute Gasteiger partial charge is 0.527 e. The standard InChI is InChI=1S/C8H7O7P/c9-7(10)5-2-1-3-6(4-5)8(11)15-16(12,13)14/h1-4H,(H,9,10)(H2,12,13,14). The first kappa shape index (κ1) is 12.4. The molecule has 0 amide bonds. The van der Waals surface area contributed by atoms with Crippen molar-refractivity contribution in [2.24, 2.45) is 0 Å². The van der Waals surface area contributed by atoms with Crippen LogP contribution < -0.4 is 0 Å². The summed E-state index contributed by atoms with van der Waals surface area (Å²) in [6.07, 6.45) is 0. The van der Waals surface area contributed by atoms with E-state index in [0.29, 0.717) is 0 Å². The Balaban J connectivity index is 2.97. The van der Waals surface area contributed by atoms with Crippen LogP contribution in [0.25, 0.3) is 0 Å². The quantitative estimate of drug-likeness (QED) is 0.668. The zero-order chi connectivity index (χ0) is 12.3. The molecule has 1 aromatic carbocycles. The van der Waals surface area contributed by atoms with Crippen molar-refractivity contribution in [3.05, 3.63) is 35.4 Å². The molecule has 8 heteroatoms. The van der Waals surface area contributed by atoms with Crippen LogP contribution in [0, 0.1) is 0 Å². The first-order valence-electron chi connectivity index (χ1n) is 3.92. The molecule has 16 heavy (non-hydrogen) atoms. The van der Waals surface area contributed by atoms with E-state index in [1.165, 1.54) is 18.2 Å². The Bertz CT molecular complexity index is 475. The van der Waals surface area contributed by atoms with Crippen molar-refractivity contribution in [3.8, 4) is 0 Å².